The molecule has 0 aromatic heterocycles. The van der Waals surface area contributed by atoms with Crippen LogP contribution in [0.3, 0.4) is 0 Å². The van der Waals surface area contributed by atoms with Crippen molar-refractivity contribution in [3.05, 3.63) is 66.3 Å². The molecule has 0 aliphatic carbocycles. The van der Waals surface area contributed by atoms with Crippen LogP contribution in [0, 0.1) is 0 Å². The molecular weight excluding hydrogens is 324 g/mol. The van der Waals surface area contributed by atoms with E-state index in [1.165, 1.54) is 6.07 Å². The summed E-state index contributed by atoms with van der Waals surface area (Å²) in [7, 11) is 3.85. The van der Waals surface area contributed by atoms with Crippen molar-refractivity contribution in [3.8, 4) is 5.75 Å². The molecule has 0 spiro atoms. The minimum atomic E-state index is -2.82. The fourth-order valence-corrected chi connectivity index (χ4v) is 2.34. The summed E-state index contributed by atoms with van der Waals surface area (Å²) in [4.78, 5) is 1.93. The molecule has 1 aromatic rings. The number of hydrogen-bond donors (Lipinski definition) is 2. The zero-order valence-corrected chi connectivity index (χ0v) is 15.3. The van der Waals surface area contributed by atoms with Crippen LogP contribution >= 0.6 is 0 Å². The van der Waals surface area contributed by atoms with Gasteiger partial charge in [-0.3, -0.25) is 0 Å². The highest BCUT2D eigenvalue weighted by atomic mass is 19.3. The topological polar surface area (TPSA) is 36.5 Å². The molecule has 1 unspecified atom stereocenters. The van der Waals surface area contributed by atoms with Crippen molar-refractivity contribution in [3.63, 3.8) is 0 Å². The fourth-order valence-electron chi connectivity index (χ4n) is 2.34. The van der Waals surface area contributed by atoms with Gasteiger partial charge in [-0.25, -0.2) is 0 Å². The molecular formula is C19H27F2N3O. The lowest BCUT2D eigenvalue weighted by molar-refractivity contribution is -0.0498. The summed E-state index contributed by atoms with van der Waals surface area (Å²) in [5.74, 6) is 0.970. The van der Waals surface area contributed by atoms with E-state index in [4.69, 9.17) is 0 Å². The first-order chi connectivity index (χ1) is 11.7. The van der Waals surface area contributed by atoms with E-state index in [2.05, 4.69) is 28.5 Å². The third-order valence-electron chi connectivity index (χ3n) is 3.65. The summed E-state index contributed by atoms with van der Waals surface area (Å²) in [6, 6.07) is 6.78. The molecule has 0 amide bonds. The number of likely N-dealkylation sites (N-methyl/N-ethyl adjacent to an activating group) is 1. The van der Waals surface area contributed by atoms with Gasteiger partial charge in [0.2, 0.25) is 0 Å². The average Bonchev–Trinajstić information content (AvgIpc) is 2.52. The second-order valence-corrected chi connectivity index (χ2v) is 5.97. The number of halogens is 2. The van der Waals surface area contributed by atoms with Crippen LogP contribution in [0.25, 0.3) is 0 Å². The lowest BCUT2D eigenvalue weighted by Crippen LogP contribution is -2.34. The molecule has 0 saturated heterocycles. The molecule has 6 heteroatoms. The van der Waals surface area contributed by atoms with Gasteiger partial charge in [0.1, 0.15) is 11.6 Å². The number of benzene rings is 1. The highest BCUT2D eigenvalue weighted by molar-refractivity contribution is 5.31. The highest BCUT2D eigenvalue weighted by Crippen LogP contribution is 2.18. The monoisotopic (exact) mass is 351 g/mol. The predicted octanol–water partition coefficient (Wildman–Crippen LogP) is 3.85. The van der Waals surface area contributed by atoms with Gasteiger partial charge in [-0.2, -0.15) is 8.78 Å². The molecule has 0 fully saturated rings. The van der Waals surface area contributed by atoms with Gasteiger partial charge in [0.25, 0.3) is 0 Å². The van der Waals surface area contributed by atoms with Crippen molar-refractivity contribution < 1.29 is 13.5 Å². The van der Waals surface area contributed by atoms with E-state index in [0.29, 0.717) is 6.42 Å². The van der Waals surface area contributed by atoms with Gasteiger partial charge in [-0.15, -0.1) is 0 Å². The lowest BCUT2D eigenvalue weighted by Gasteiger charge is -2.24. The van der Waals surface area contributed by atoms with Crippen molar-refractivity contribution >= 4 is 0 Å². The third kappa shape index (κ3) is 6.87. The van der Waals surface area contributed by atoms with Gasteiger partial charge in [-0.1, -0.05) is 25.3 Å². The first kappa shape index (κ1) is 20.5. The van der Waals surface area contributed by atoms with Crippen LogP contribution < -0.4 is 15.4 Å². The lowest BCUT2D eigenvalue weighted by atomic mass is 10.1. The SMILES string of the molecule is C=CN/C(NC(C)Cc1cccc(OC(F)F)c1)=C(/C)C(=C)N(C)C. The molecule has 1 rings (SSSR count). The van der Waals surface area contributed by atoms with E-state index < -0.39 is 6.61 Å². The summed E-state index contributed by atoms with van der Waals surface area (Å²) < 4.78 is 29.1. The summed E-state index contributed by atoms with van der Waals surface area (Å²) >= 11 is 0. The van der Waals surface area contributed by atoms with Crippen molar-refractivity contribution in [2.75, 3.05) is 14.1 Å². The zero-order valence-electron chi connectivity index (χ0n) is 15.3. The molecule has 4 nitrogen and oxygen atoms in total. The predicted molar refractivity (Wildman–Crippen MR) is 98.2 cm³/mol. The summed E-state index contributed by atoms with van der Waals surface area (Å²) in [5.41, 5.74) is 2.74. The number of rotatable bonds is 10. The van der Waals surface area contributed by atoms with Crippen molar-refractivity contribution in [2.45, 2.75) is 32.9 Å². The number of hydrogen-bond acceptors (Lipinski definition) is 4. The summed E-state index contributed by atoms with van der Waals surface area (Å²) in [6.07, 6.45) is 2.24. The minimum Gasteiger partial charge on any atom is -0.435 e. The molecule has 0 radical (unpaired) electrons. The van der Waals surface area contributed by atoms with E-state index in [1.54, 1.807) is 18.3 Å². The van der Waals surface area contributed by atoms with E-state index in [-0.39, 0.29) is 11.8 Å². The maximum Gasteiger partial charge on any atom is 0.387 e. The molecule has 1 aromatic carbocycles. The van der Waals surface area contributed by atoms with Crippen LogP contribution in [0.15, 0.2) is 60.7 Å². The van der Waals surface area contributed by atoms with Crippen LogP contribution in [0.5, 0.6) is 5.75 Å². The number of allylic oxidation sites excluding steroid dienone is 1. The molecule has 1 atom stereocenters. The Morgan fingerprint density at radius 3 is 2.60 bits per heavy atom. The van der Waals surface area contributed by atoms with Gasteiger partial charge in [0.05, 0.1) is 0 Å². The Labute approximate surface area is 148 Å². The molecule has 25 heavy (non-hydrogen) atoms. The summed E-state index contributed by atoms with van der Waals surface area (Å²) in [5, 5.41) is 6.48. The van der Waals surface area contributed by atoms with Crippen LogP contribution in [-0.4, -0.2) is 31.6 Å². The van der Waals surface area contributed by atoms with Gasteiger partial charge in [0, 0.05) is 31.4 Å². The quantitative estimate of drug-likeness (QED) is 0.628. The number of nitrogens with zero attached hydrogens (tertiary/aromatic N) is 1. The van der Waals surface area contributed by atoms with Crippen molar-refractivity contribution in [1.29, 1.82) is 0 Å². The molecule has 0 heterocycles. The number of nitrogens with one attached hydrogen (secondary N) is 2. The van der Waals surface area contributed by atoms with Gasteiger partial charge >= 0.3 is 6.61 Å². The van der Waals surface area contributed by atoms with Crippen LogP contribution in [0.1, 0.15) is 19.4 Å². The third-order valence-corrected chi connectivity index (χ3v) is 3.65. The van der Waals surface area contributed by atoms with Crippen LogP contribution in [0.4, 0.5) is 8.78 Å². The average molecular weight is 351 g/mol. The smallest absolute Gasteiger partial charge is 0.387 e. The van der Waals surface area contributed by atoms with Crippen LogP contribution in [0.2, 0.25) is 0 Å². The Bertz CT molecular complexity index is 627. The Hall–Kier alpha value is -2.50. The largest absolute Gasteiger partial charge is 0.435 e. The van der Waals surface area contributed by atoms with Crippen molar-refractivity contribution in [2.24, 2.45) is 0 Å². The molecule has 0 bridgehead atoms. The summed E-state index contributed by atoms with van der Waals surface area (Å²) in [6.45, 7) is 8.91. The number of alkyl halides is 2. The van der Waals surface area contributed by atoms with E-state index in [9.17, 15) is 8.78 Å². The van der Waals surface area contributed by atoms with E-state index in [1.807, 2.05) is 38.9 Å². The molecule has 0 aliphatic heterocycles. The van der Waals surface area contributed by atoms with E-state index >= 15 is 0 Å². The maximum absolute atomic E-state index is 12.3. The van der Waals surface area contributed by atoms with Crippen LogP contribution in [-0.2, 0) is 6.42 Å². The Kier molecular flexibility index (Phi) is 7.98. The maximum atomic E-state index is 12.3. The van der Waals surface area contributed by atoms with E-state index in [0.717, 1.165) is 22.7 Å². The number of ether oxygens (including phenoxy) is 1. The van der Waals surface area contributed by atoms with Gasteiger partial charge in [-0.05, 0) is 44.2 Å². The second kappa shape index (κ2) is 9.71. The Balaban J connectivity index is 2.85. The van der Waals surface area contributed by atoms with Gasteiger partial charge < -0.3 is 20.3 Å². The molecule has 2 N–H and O–H groups in total. The Morgan fingerprint density at radius 1 is 1.36 bits per heavy atom. The second-order valence-electron chi connectivity index (χ2n) is 5.97. The first-order valence-electron chi connectivity index (χ1n) is 7.99. The van der Waals surface area contributed by atoms with Crippen molar-refractivity contribution in [1.82, 2.24) is 15.5 Å². The molecule has 138 valence electrons. The molecule has 0 saturated carbocycles. The normalized spacial score (nSPS) is 12.9. The zero-order chi connectivity index (χ0) is 19.0. The first-order valence-corrected chi connectivity index (χ1v) is 7.99. The minimum absolute atomic E-state index is 0.0502. The Morgan fingerprint density at radius 2 is 2.04 bits per heavy atom. The highest BCUT2D eigenvalue weighted by Gasteiger charge is 2.11. The van der Waals surface area contributed by atoms with Gasteiger partial charge in [0.15, 0.2) is 0 Å². The standard InChI is InChI=1S/C19H27F2N3O/c1-7-22-18(14(3)15(4)24(5)6)23-13(2)11-16-9-8-10-17(12-16)25-19(20)21/h7-10,12-13,19,22-23H,1,4,11H2,2-3,5-6H3/b18-14+. The molecule has 0 aliphatic rings. The fraction of sp³-hybridized carbons (Fsp3) is 0.368.